The minimum absolute atomic E-state index is 0.0447. The number of esters is 1. The number of fused-ring (bicyclic) bond motifs is 1. The molecule has 18 heavy (non-hydrogen) atoms. The SMILES string of the molecule is O=C(OC1CCSC1)c1nccc2ccccc12. The number of pyridine rings is 1. The summed E-state index contributed by atoms with van der Waals surface area (Å²) in [5.41, 5.74) is 0.421. The normalized spacial score (nSPS) is 19.0. The van der Waals surface area contributed by atoms with Gasteiger partial charge >= 0.3 is 5.97 Å². The predicted octanol–water partition coefficient (Wildman–Crippen LogP) is 2.90. The first-order valence-corrected chi connectivity index (χ1v) is 7.12. The zero-order valence-electron chi connectivity index (χ0n) is 9.83. The van der Waals surface area contributed by atoms with Gasteiger partial charge in [0.25, 0.3) is 0 Å². The van der Waals surface area contributed by atoms with Crippen molar-refractivity contribution in [2.45, 2.75) is 12.5 Å². The number of rotatable bonds is 2. The smallest absolute Gasteiger partial charge is 0.357 e. The van der Waals surface area contributed by atoms with Gasteiger partial charge < -0.3 is 4.74 Å². The lowest BCUT2D eigenvalue weighted by Crippen LogP contribution is -2.18. The zero-order chi connectivity index (χ0) is 12.4. The van der Waals surface area contributed by atoms with Gasteiger partial charge in [0.15, 0.2) is 5.69 Å². The summed E-state index contributed by atoms with van der Waals surface area (Å²) in [5, 5.41) is 1.87. The number of carbonyl (C=O) groups excluding carboxylic acids is 1. The molecular weight excluding hydrogens is 246 g/mol. The van der Waals surface area contributed by atoms with Crippen molar-refractivity contribution in [3.05, 3.63) is 42.2 Å². The van der Waals surface area contributed by atoms with Crippen molar-refractivity contribution in [2.24, 2.45) is 0 Å². The van der Waals surface area contributed by atoms with Gasteiger partial charge in [-0.05, 0) is 23.6 Å². The lowest BCUT2D eigenvalue weighted by Gasteiger charge is -2.11. The van der Waals surface area contributed by atoms with E-state index in [1.54, 1.807) is 6.20 Å². The number of thioether (sulfide) groups is 1. The first kappa shape index (κ1) is 11.5. The molecule has 0 saturated carbocycles. The lowest BCUT2D eigenvalue weighted by molar-refractivity contribution is 0.0352. The molecule has 1 aromatic carbocycles. The molecule has 3 rings (SSSR count). The van der Waals surface area contributed by atoms with Gasteiger partial charge in [-0.3, -0.25) is 0 Å². The lowest BCUT2D eigenvalue weighted by atomic mass is 10.1. The molecule has 2 aromatic rings. The maximum atomic E-state index is 12.1. The van der Waals surface area contributed by atoms with E-state index in [9.17, 15) is 4.79 Å². The third-order valence-electron chi connectivity index (χ3n) is 3.03. The quantitative estimate of drug-likeness (QED) is 0.777. The van der Waals surface area contributed by atoms with Crippen LogP contribution in [-0.2, 0) is 4.74 Å². The number of benzene rings is 1. The van der Waals surface area contributed by atoms with E-state index in [2.05, 4.69) is 4.98 Å². The third kappa shape index (κ3) is 2.20. The highest BCUT2D eigenvalue weighted by molar-refractivity contribution is 7.99. The number of hydrogen-bond acceptors (Lipinski definition) is 4. The Balaban J connectivity index is 1.91. The first-order chi connectivity index (χ1) is 8.84. The molecule has 1 saturated heterocycles. The van der Waals surface area contributed by atoms with Gasteiger partial charge in [0.05, 0.1) is 0 Å². The number of carbonyl (C=O) groups is 1. The molecule has 0 N–H and O–H groups in total. The largest absolute Gasteiger partial charge is 0.457 e. The maximum absolute atomic E-state index is 12.1. The number of nitrogens with zero attached hydrogens (tertiary/aromatic N) is 1. The van der Waals surface area contributed by atoms with E-state index in [1.807, 2.05) is 42.1 Å². The van der Waals surface area contributed by atoms with Gasteiger partial charge in [-0.2, -0.15) is 11.8 Å². The van der Waals surface area contributed by atoms with Crippen LogP contribution in [0.5, 0.6) is 0 Å². The van der Waals surface area contributed by atoms with Crippen LogP contribution in [0.25, 0.3) is 10.8 Å². The summed E-state index contributed by atoms with van der Waals surface area (Å²) >= 11 is 1.83. The molecule has 0 amide bonds. The fraction of sp³-hybridized carbons (Fsp3) is 0.286. The molecule has 1 aromatic heterocycles. The molecule has 92 valence electrons. The second kappa shape index (κ2) is 4.98. The van der Waals surface area contributed by atoms with E-state index < -0.39 is 0 Å². The number of hydrogen-bond donors (Lipinski definition) is 0. The van der Waals surface area contributed by atoms with Crippen LogP contribution in [0.2, 0.25) is 0 Å². The second-order valence-electron chi connectivity index (χ2n) is 4.27. The Labute approximate surface area is 110 Å². The van der Waals surface area contributed by atoms with E-state index in [4.69, 9.17) is 4.74 Å². The van der Waals surface area contributed by atoms with Gasteiger partial charge in [0.1, 0.15) is 6.10 Å². The minimum Gasteiger partial charge on any atom is -0.457 e. The Hall–Kier alpha value is -1.55. The summed E-state index contributed by atoms with van der Waals surface area (Å²) in [7, 11) is 0. The second-order valence-corrected chi connectivity index (χ2v) is 5.42. The Kier molecular flexibility index (Phi) is 3.19. The fourth-order valence-electron chi connectivity index (χ4n) is 2.10. The molecule has 0 radical (unpaired) electrons. The third-order valence-corrected chi connectivity index (χ3v) is 4.16. The fourth-order valence-corrected chi connectivity index (χ4v) is 3.19. The monoisotopic (exact) mass is 259 g/mol. The standard InChI is InChI=1S/C14H13NO2S/c16-14(17-11-6-8-18-9-11)13-12-4-2-1-3-10(12)5-7-15-13/h1-5,7,11H,6,8-9H2. The molecule has 1 aliphatic heterocycles. The number of ether oxygens (including phenoxy) is 1. The van der Waals surface area contributed by atoms with Gasteiger partial charge in [-0.1, -0.05) is 24.3 Å². The van der Waals surface area contributed by atoms with Crippen molar-refractivity contribution < 1.29 is 9.53 Å². The van der Waals surface area contributed by atoms with E-state index in [0.717, 1.165) is 28.7 Å². The van der Waals surface area contributed by atoms with E-state index in [-0.39, 0.29) is 12.1 Å². The van der Waals surface area contributed by atoms with E-state index in [1.165, 1.54) is 0 Å². The Morgan fingerprint density at radius 2 is 2.22 bits per heavy atom. The van der Waals surface area contributed by atoms with Crippen molar-refractivity contribution in [1.82, 2.24) is 4.98 Å². The topological polar surface area (TPSA) is 39.2 Å². The van der Waals surface area contributed by atoms with Crippen molar-refractivity contribution in [3.8, 4) is 0 Å². The van der Waals surface area contributed by atoms with Crippen LogP contribution in [0, 0.1) is 0 Å². The highest BCUT2D eigenvalue weighted by Gasteiger charge is 2.22. The summed E-state index contributed by atoms with van der Waals surface area (Å²) < 4.78 is 5.48. The Morgan fingerprint density at radius 3 is 3.06 bits per heavy atom. The summed E-state index contributed by atoms with van der Waals surface area (Å²) in [5.74, 6) is 1.66. The summed E-state index contributed by atoms with van der Waals surface area (Å²) in [6.07, 6.45) is 2.65. The van der Waals surface area contributed by atoms with Gasteiger partial charge in [0.2, 0.25) is 0 Å². The van der Waals surface area contributed by atoms with Crippen molar-refractivity contribution in [2.75, 3.05) is 11.5 Å². The molecule has 1 atom stereocenters. The predicted molar refractivity (Wildman–Crippen MR) is 72.9 cm³/mol. The van der Waals surface area contributed by atoms with Crippen LogP contribution >= 0.6 is 11.8 Å². The highest BCUT2D eigenvalue weighted by atomic mass is 32.2. The molecule has 1 unspecified atom stereocenters. The van der Waals surface area contributed by atoms with Crippen molar-refractivity contribution in [3.63, 3.8) is 0 Å². The van der Waals surface area contributed by atoms with Crippen molar-refractivity contribution in [1.29, 1.82) is 0 Å². The Morgan fingerprint density at radius 1 is 1.33 bits per heavy atom. The zero-order valence-corrected chi connectivity index (χ0v) is 10.7. The molecule has 0 spiro atoms. The average Bonchev–Trinajstić information content (AvgIpc) is 2.91. The van der Waals surface area contributed by atoms with Crippen LogP contribution < -0.4 is 0 Å². The van der Waals surface area contributed by atoms with E-state index in [0.29, 0.717) is 5.69 Å². The summed E-state index contributed by atoms with van der Waals surface area (Å²) in [6.45, 7) is 0. The van der Waals surface area contributed by atoms with Gasteiger partial charge in [0, 0.05) is 17.3 Å². The minimum atomic E-state index is -0.306. The first-order valence-electron chi connectivity index (χ1n) is 5.97. The van der Waals surface area contributed by atoms with Crippen LogP contribution in [0.4, 0.5) is 0 Å². The van der Waals surface area contributed by atoms with Crippen LogP contribution in [0.3, 0.4) is 0 Å². The summed E-state index contributed by atoms with van der Waals surface area (Å²) in [4.78, 5) is 16.3. The van der Waals surface area contributed by atoms with Crippen LogP contribution in [-0.4, -0.2) is 28.6 Å². The Bertz CT molecular complexity index is 574. The average molecular weight is 259 g/mol. The molecule has 0 aliphatic carbocycles. The molecule has 3 nitrogen and oxygen atoms in total. The van der Waals surface area contributed by atoms with Crippen LogP contribution in [0.15, 0.2) is 36.5 Å². The molecule has 0 bridgehead atoms. The molecule has 4 heteroatoms. The highest BCUT2D eigenvalue weighted by Crippen LogP contribution is 2.22. The molecule has 1 fully saturated rings. The van der Waals surface area contributed by atoms with Crippen LogP contribution in [0.1, 0.15) is 16.9 Å². The maximum Gasteiger partial charge on any atom is 0.357 e. The molecular formula is C14H13NO2S. The van der Waals surface area contributed by atoms with Gasteiger partial charge in [-0.15, -0.1) is 0 Å². The molecule has 1 aliphatic rings. The summed E-state index contributed by atoms with van der Waals surface area (Å²) in [6, 6.07) is 9.64. The molecule has 2 heterocycles. The van der Waals surface area contributed by atoms with Crippen molar-refractivity contribution >= 4 is 28.5 Å². The number of aromatic nitrogens is 1. The van der Waals surface area contributed by atoms with Gasteiger partial charge in [-0.25, -0.2) is 9.78 Å². The van der Waals surface area contributed by atoms with E-state index >= 15 is 0 Å².